The number of carbonyl (C=O) groups is 1. The zero-order valence-electron chi connectivity index (χ0n) is 15.5. The first-order valence-corrected chi connectivity index (χ1v) is 8.89. The van der Waals surface area contributed by atoms with Crippen LogP contribution in [0.2, 0.25) is 0 Å². The van der Waals surface area contributed by atoms with Gasteiger partial charge in [-0.3, -0.25) is 4.79 Å². The highest BCUT2D eigenvalue weighted by molar-refractivity contribution is 5.80. The topological polar surface area (TPSA) is 86.5 Å². The lowest BCUT2D eigenvalue weighted by Gasteiger charge is -2.35. The zero-order chi connectivity index (χ0) is 18.6. The van der Waals surface area contributed by atoms with Crippen LogP contribution in [0.25, 0.3) is 0 Å². The number of aryl methyl sites for hydroxylation is 1. The van der Waals surface area contributed by atoms with E-state index in [-0.39, 0.29) is 12.3 Å². The van der Waals surface area contributed by atoms with E-state index in [1.165, 1.54) is 0 Å². The smallest absolute Gasteiger partial charge is 0.225 e. The summed E-state index contributed by atoms with van der Waals surface area (Å²) in [6.07, 6.45) is 5.06. The molecule has 1 heterocycles. The fourth-order valence-corrected chi connectivity index (χ4v) is 3.54. The number of amides is 1. The molecule has 1 aliphatic rings. The summed E-state index contributed by atoms with van der Waals surface area (Å²) < 4.78 is 15.8. The molecule has 0 radical (unpaired) electrons. The van der Waals surface area contributed by atoms with Crippen LogP contribution in [0.4, 0.5) is 0 Å². The summed E-state index contributed by atoms with van der Waals surface area (Å²) >= 11 is 0. The standard InChI is InChI=1S/C19H25N3O4/c1-13-20-18(22-26-13)19(9-5-4-6-10-19)21-17(23)11-14-7-8-15(24-2)12-16(14)25-3/h7-8,12H,4-6,9-11H2,1-3H3,(H,21,23). The van der Waals surface area contributed by atoms with Crippen LogP contribution in [0.15, 0.2) is 22.7 Å². The Labute approximate surface area is 153 Å². The first-order chi connectivity index (χ1) is 12.6. The number of methoxy groups -OCH3 is 2. The molecule has 1 amide bonds. The molecular weight excluding hydrogens is 334 g/mol. The molecular formula is C19H25N3O4. The highest BCUT2D eigenvalue weighted by Crippen LogP contribution is 2.36. The van der Waals surface area contributed by atoms with Crippen molar-refractivity contribution >= 4 is 5.91 Å². The summed E-state index contributed by atoms with van der Waals surface area (Å²) in [6, 6.07) is 5.45. The van der Waals surface area contributed by atoms with E-state index < -0.39 is 5.54 Å². The normalized spacial score (nSPS) is 16.1. The van der Waals surface area contributed by atoms with E-state index in [2.05, 4.69) is 15.5 Å². The molecule has 2 aromatic rings. The predicted molar refractivity (Wildman–Crippen MR) is 95.2 cm³/mol. The average molecular weight is 359 g/mol. The molecule has 7 nitrogen and oxygen atoms in total. The van der Waals surface area contributed by atoms with E-state index in [4.69, 9.17) is 14.0 Å². The molecule has 1 N–H and O–H groups in total. The predicted octanol–water partition coefficient (Wildman–Crippen LogP) is 2.91. The number of ether oxygens (including phenoxy) is 2. The van der Waals surface area contributed by atoms with Gasteiger partial charge in [0.05, 0.1) is 20.6 Å². The second-order valence-electron chi connectivity index (χ2n) is 6.68. The molecule has 1 fully saturated rings. The van der Waals surface area contributed by atoms with Crippen molar-refractivity contribution in [1.29, 1.82) is 0 Å². The van der Waals surface area contributed by atoms with Gasteiger partial charge in [0.25, 0.3) is 0 Å². The van der Waals surface area contributed by atoms with Crippen molar-refractivity contribution in [3.8, 4) is 11.5 Å². The molecule has 1 aromatic carbocycles. The molecule has 1 aliphatic carbocycles. The Kier molecular flexibility index (Phi) is 5.44. The summed E-state index contributed by atoms with van der Waals surface area (Å²) in [5.74, 6) is 2.32. The molecule has 0 unspecified atom stereocenters. The highest BCUT2D eigenvalue weighted by Gasteiger charge is 2.39. The Morgan fingerprint density at radius 2 is 2.00 bits per heavy atom. The van der Waals surface area contributed by atoms with Crippen LogP contribution in [0.5, 0.6) is 11.5 Å². The minimum atomic E-state index is -0.549. The van der Waals surface area contributed by atoms with Crippen LogP contribution in [0, 0.1) is 6.92 Å². The van der Waals surface area contributed by atoms with E-state index in [1.54, 1.807) is 27.2 Å². The third-order valence-electron chi connectivity index (χ3n) is 4.89. The molecule has 1 aromatic heterocycles. The number of hydrogen-bond donors (Lipinski definition) is 1. The van der Waals surface area contributed by atoms with Crippen LogP contribution >= 0.6 is 0 Å². The van der Waals surface area contributed by atoms with Gasteiger partial charge in [-0.05, 0) is 18.9 Å². The summed E-state index contributed by atoms with van der Waals surface area (Å²) in [5.41, 5.74) is 0.258. The summed E-state index contributed by atoms with van der Waals surface area (Å²) in [4.78, 5) is 17.2. The molecule has 0 atom stereocenters. The van der Waals surface area contributed by atoms with Crippen molar-refractivity contribution in [3.63, 3.8) is 0 Å². The van der Waals surface area contributed by atoms with Crippen molar-refractivity contribution in [2.75, 3.05) is 14.2 Å². The van der Waals surface area contributed by atoms with Crippen LogP contribution in [0.3, 0.4) is 0 Å². The second kappa shape index (κ2) is 7.76. The lowest BCUT2D eigenvalue weighted by Crippen LogP contribution is -2.48. The fourth-order valence-electron chi connectivity index (χ4n) is 3.54. The van der Waals surface area contributed by atoms with Gasteiger partial charge in [-0.15, -0.1) is 0 Å². The number of rotatable bonds is 6. The molecule has 3 rings (SSSR count). The molecule has 26 heavy (non-hydrogen) atoms. The second-order valence-corrected chi connectivity index (χ2v) is 6.68. The summed E-state index contributed by atoms with van der Waals surface area (Å²) in [7, 11) is 3.18. The van der Waals surface area contributed by atoms with Gasteiger partial charge in [0.1, 0.15) is 17.0 Å². The molecule has 0 aliphatic heterocycles. The molecule has 7 heteroatoms. The molecule has 1 saturated carbocycles. The Hall–Kier alpha value is -2.57. The Morgan fingerprint density at radius 3 is 2.62 bits per heavy atom. The minimum absolute atomic E-state index is 0.0854. The van der Waals surface area contributed by atoms with Crippen LogP contribution in [-0.2, 0) is 16.8 Å². The lowest BCUT2D eigenvalue weighted by molar-refractivity contribution is -0.123. The molecule has 0 bridgehead atoms. The first kappa shape index (κ1) is 18.2. The number of aromatic nitrogens is 2. The number of carbonyl (C=O) groups excluding carboxylic acids is 1. The van der Waals surface area contributed by atoms with Gasteiger partial charge in [0, 0.05) is 18.6 Å². The molecule has 0 spiro atoms. The third kappa shape index (κ3) is 3.81. The number of nitrogens with one attached hydrogen (secondary N) is 1. The maximum Gasteiger partial charge on any atom is 0.225 e. The van der Waals surface area contributed by atoms with E-state index >= 15 is 0 Å². The maximum absolute atomic E-state index is 12.8. The highest BCUT2D eigenvalue weighted by atomic mass is 16.5. The van der Waals surface area contributed by atoms with E-state index in [9.17, 15) is 4.79 Å². The van der Waals surface area contributed by atoms with Gasteiger partial charge in [0.15, 0.2) is 5.82 Å². The summed E-state index contributed by atoms with van der Waals surface area (Å²) in [5, 5.41) is 7.27. The maximum atomic E-state index is 12.8. The van der Waals surface area contributed by atoms with Gasteiger partial charge < -0.3 is 19.3 Å². The first-order valence-electron chi connectivity index (χ1n) is 8.89. The van der Waals surface area contributed by atoms with Crippen molar-refractivity contribution in [1.82, 2.24) is 15.5 Å². The van der Waals surface area contributed by atoms with Crippen molar-refractivity contribution in [2.24, 2.45) is 0 Å². The number of nitrogens with zero attached hydrogens (tertiary/aromatic N) is 2. The lowest BCUT2D eigenvalue weighted by atomic mass is 9.80. The fraction of sp³-hybridized carbons (Fsp3) is 0.526. The molecule has 0 saturated heterocycles. The van der Waals surface area contributed by atoms with Gasteiger partial charge >= 0.3 is 0 Å². The minimum Gasteiger partial charge on any atom is -0.497 e. The van der Waals surface area contributed by atoms with Crippen molar-refractivity contribution in [2.45, 2.75) is 51.0 Å². The Morgan fingerprint density at radius 1 is 1.23 bits per heavy atom. The Balaban J connectivity index is 1.78. The Bertz CT molecular complexity index is 766. The van der Waals surface area contributed by atoms with E-state index in [0.29, 0.717) is 23.2 Å². The van der Waals surface area contributed by atoms with Crippen LogP contribution in [-0.4, -0.2) is 30.3 Å². The van der Waals surface area contributed by atoms with Gasteiger partial charge in [-0.1, -0.05) is 30.5 Å². The van der Waals surface area contributed by atoms with Gasteiger partial charge in [-0.25, -0.2) is 0 Å². The molecule has 140 valence electrons. The number of hydrogen-bond acceptors (Lipinski definition) is 6. The van der Waals surface area contributed by atoms with Crippen LogP contribution in [0.1, 0.15) is 49.4 Å². The average Bonchev–Trinajstić information content (AvgIpc) is 3.10. The van der Waals surface area contributed by atoms with E-state index in [0.717, 1.165) is 37.7 Å². The van der Waals surface area contributed by atoms with E-state index in [1.807, 2.05) is 12.1 Å². The third-order valence-corrected chi connectivity index (χ3v) is 4.89. The van der Waals surface area contributed by atoms with Gasteiger partial charge in [0.2, 0.25) is 11.8 Å². The number of benzene rings is 1. The van der Waals surface area contributed by atoms with Crippen molar-refractivity contribution in [3.05, 3.63) is 35.5 Å². The SMILES string of the molecule is COc1ccc(CC(=O)NC2(c3noc(C)n3)CCCCC2)c(OC)c1. The quantitative estimate of drug-likeness (QED) is 0.853. The van der Waals surface area contributed by atoms with Crippen LogP contribution < -0.4 is 14.8 Å². The summed E-state index contributed by atoms with van der Waals surface area (Å²) in [6.45, 7) is 1.76. The monoisotopic (exact) mass is 359 g/mol. The zero-order valence-corrected chi connectivity index (χ0v) is 15.5. The van der Waals surface area contributed by atoms with Crippen molar-refractivity contribution < 1.29 is 18.8 Å². The van der Waals surface area contributed by atoms with Gasteiger partial charge in [-0.2, -0.15) is 4.98 Å². The largest absolute Gasteiger partial charge is 0.497 e.